The minimum Gasteiger partial charge on any atom is -0.484 e. The standard InChI is InChI=1S/C20H19Cl3N4O2S/c1-3-27-17(10-29-16-9-12(2)7-8-13(16)21)25-26-20(27)30-11-18(28)24-15-6-4-5-14(22)19(15)23/h4-9H,3,10-11H2,1-2H3,(H,24,28). The van der Waals surface area contributed by atoms with Crippen molar-refractivity contribution in [2.45, 2.75) is 32.2 Å². The zero-order valence-corrected chi connectivity index (χ0v) is 19.4. The number of rotatable bonds is 8. The second-order valence-electron chi connectivity index (χ2n) is 6.30. The van der Waals surface area contributed by atoms with Crippen molar-refractivity contribution < 1.29 is 9.53 Å². The van der Waals surface area contributed by atoms with Crippen LogP contribution in [0.5, 0.6) is 5.75 Å². The Labute approximate surface area is 193 Å². The van der Waals surface area contributed by atoms with Gasteiger partial charge in [-0.3, -0.25) is 4.79 Å². The molecule has 3 aromatic rings. The average molecular weight is 486 g/mol. The number of anilines is 1. The summed E-state index contributed by atoms with van der Waals surface area (Å²) in [5, 5.41) is 13.0. The van der Waals surface area contributed by atoms with Gasteiger partial charge in [-0.1, -0.05) is 58.7 Å². The van der Waals surface area contributed by atoms with Gasteiger partial charge in [-0.2, -0.15) is 0 Å². The molecule has 158 valence electrons. The summed E-state index contributed by atoms with van der Waals surface area (Å²) >= 11 is 19.5. The van der Waals surface area contributed by atoms with Crippen molar-refractivity contribution in [1.82, 2.24) is 14.8 Å². The molecule has 1 aromatic heterocycles. The zero-order valence-electron chi connectivity index (χ0n) is 16.3. The van der Waals surface area contributed by atoms with Crippen LogP contribution in [0.1, 0.15) is 18.3 Å². The number of halogens is 3. The number of carbonyl (C=O) groups excluding carboxylic acids is 1. The first kappa shape index (κ1) is 22.7. The molecule has 0 unspecified atom stereocenters. The Morgan fingerprint density at radius 1 is 1.17 bits per heavy atom. The Morgan fingerprint density at radius 2 is 1.97 bits per heavy atom. The van der Waals surface area contributed by atoms with E-state index in [1.54, 1.807) is 24.3 Å². The highest BCUT2D eigenvalue weighted by Crippen LogP contribution is 2.30. The highest BCUT2D eigenvalue weighted by Gasteiger charge is 2.15. The fourth-order valence-electron chi connectivity index (χ4n) is 2.63. The molecular formula is C20H19Cl3N4O2S. The van der Waals surface area contributed by atoms with Gasteiger partial charge in [0.05, 0.1) is 26.5 Å². The van der Waals surface area contributed by atoms with Crippen LogP contribution in [0.2, 0.25) is 15.1 Å². The van der Waals surface area contributed by atoms with Crippen molar-refractivity contribution in [3.05, 3.63) is 62.9 Å². The number of aromatic nitrogens is 3. The summed E-state index contributed by atoms with van der Waals surface area (Å²) in [4.78, 5) is 12.3. The molecule has 30 heavy (non-hydrogen) atoms. The summed E-state index contributed by atoms with van der Waals surface area (Å²) in [6.07, 6.45) is 0. The van der Waals surface area contributed by atoms with E-state index in [0.717, 1.165) is 5.56 Å². The predicted molar refractivity (Wildman–Crippen MR) is 122 cm³/mol. The topological polar surface area (TPSA) is 69.0 Å². The molecule has 0 radical (unpaired) electrons. The number of nitrogens with zero attached hydrogens (tertiary/aromatic N) is 3. The zero-order chi connectivity index (χ0) is 21.7. The van der Waals surface area contributed by atoms with E-state index in [2.05, 4.69) is 15.5 Å². The largest absolute Gasteiger partial charge is 0.484 e. The minimum absolute atomic E-state index is 0.144. The van der Waals surface area contributed by atoms with Crippen LogP contribution in [-0.4, -0.2) is 26.4 Å². The second-order valence-corrected chi connectivity index (χ2v) is 8.44. The molecule has 0 spiro atoms. The van der Waals surface area contributed by atoms with Crippen LogP contribution < -0.4 is 10.1 Å². The lowest BCUT2D eigenvalue weighted by Crippen LogP contribution is -2.15. The van der Waals surface area contributed by atoms with Gasteiger partial charge in [0.1, 0.15) is 12.4 Å². The SMILES string of the molecule is CCn1c(COc2cc(C)ccc2Cl)nnc1SCC(=O)Nc1cccc(Cl)c1Cl. The number of nitrogens with one attached hydrogen (secondary N) is 1. The van der Waals surface area contributed by atoms with Gasteiger partial charge in [-0.15, -0.1) is 10.2 Å². The Hall–Kier alpha value is -1.93. The smallest absolute Gasteiger partial charge is 0.234 e. The summed E-state index contributed by atoms with van der Waals surface area (Å²) in [6, 6.07) is 10.7. The molecule has 1 amide bonds. The highest BCUT2D eigenvalue weighted by atomic mass is 35.5. The van der Waals surface area contributed by atoms with Gasteiger partial charge >= 0.3 is 0 Å². The molecular weight excluding hydrogens is 467 g/mol. The van der Waals surface area contributed by atoms with E-state index >= 15 is 0 Å². The van der Waals surface area contributed by atoms with Gasteiger partial charge < -0.3 is 14.6 Å². The number of hydrogen-bond donors (Lipinski definition) is 1. The van der Waals surface area contributed by atoms with Crippen LogP contribution in [-0.2, 0) is 17.9 Å². The lowest BCUT2D eigenvalue weighted by Gasteiger charge is -2.11. The number of ether oxygens (including phenoxy) is 1. The molecule has 0 bridgehead atoms. The summed E-state index contributed by atoms with van der Waals surface area (Å²) in [5.41, 5.74) is 1.52. The molecule has 0 fully saturated rings. The third-order valence-corrected chi connectivity index (χ3v) is 6.21. The average Bonchev–Trinajstić information content (AvgIpc) is 3.12. The molecule has 0 saturated carbocycles. The lowest BCUT2D eigenvalue weighted by atomic mass is 10.2. The first-order valence-corrected chi connectivity index (χ1v) is 11.2. The number of amides is 1. The number of carbonyl (C=O) groups is 1. The summed E-state index contributed by atoms with van der Waals surface area (Å²) in [5.74, 6) is 1.16. The van der Waals surface area contributed by atoms with Crippen LogP contribution in [0.15, 0.2) is 41.6 Å². The van der Waals surface area contributed by atoms with E-state index in [1.165, 1.54) is 11.8 Å². The molecule has 0 saturated heterocycles. The quantitative estimate of drug-likeness (QED) is 0.404. The molecule has 3 rings (SSSR count). The summed E-state index contributed by atoms with van der Waals surface area (Å²) < 4.78 is 7.71. The Kier molecular flexibility index (Phi) is 7.88. The van der Waals surface area contributed by atoms with Gasteiger partial charge in [0, 0.05) is 6.54 Å². The van der Waals surface area contributed by atoms with Crippen molar-refractivity contribution in [2.24, 2.45) is 0 Å². The number of hydrogen-bond acceptors (Lipinski definition) is 5. The van der Waals surface area contributed by atoms with Crippen molar-refractivity contribution in [3.63, 3.8) is 0 Å². The fraction of sp³-hybridized carbons (Fsp3) is 0.250. The van der Waals surface area contributed by atoms with Gasteiger partial charge in [-0.25, -0.2) is 0 Å². The predicted octanol–water partition coefficient (Wildman–Crippen LogP) is 5.88. The first-order valence-electron chi connectivity index (χ1n) is 9.06. The third-order valence-electron chi connectivity index (χ3n) is 4.11. The molecule has 10 heteroatoms. The monoisotopic (exact) mass is 484 g/mol. The van der Waals surface area contributed by atoms with Gasteiger partial charge in [0.15, 0.2) is 11.0 Å². The summed E-state index contributed by atoms with van der Waals surface area (Å²) in [6.45, 7) is 4.79. The molecule has 2 aromatic carbocycles. The Morgan fingerprint density at radius 3 is 2.73 bits per heavy atom. The van der Waals surface area contributed by atoms with E-state index in [1.807, 2.05) is 30.5 Å². The van der Waals surface area contributed by atoms with Gasteiger partial charge in [0.2, 0.25) is 5.91 Å². The number of benzene rings is 2. The normalized spacial score (nSPS) is 10.8. The molecule has 0 atom stereocenters. The minimum atomic E-state index is -0.223. The third kappa shape index (κ3) is 5.60. The maximum atomic E-state index is 12.3. The maximum Gasteiger partial charge on any atom is 0.234 e. The van der Waals surface area contributed by atoms with Gasteiger partial charge in [0.25, 0.3) is 0 Å². The molecule has 1 N–H and O–H groups in total. The van der Waals surface area contributed by atoms with Gasteiger partial charge in [-0.05, 0) is 43.7 Å². The molecule has 0 aliphatic carbocycles. The van der Waals surface area contributed by atoms with Crippen molar-refractivity contribution in [2.75, 3.05) is 11.1 Å². The van der Waals surface area contributed by atoms with E-state index in [0.29, 0.717) is 44.0 Å². The van der Waals surface area contributed by atoms with Crippen LogP contribution in [0.3, 0.4) is 0 Å². The van der Waals surface area contributed by atoms with E-state index in [-0.39, 0.29) is 18.3 Å². The van der Waals surface area contributed by atoms with Crippen LogP contribution in [0, 0.1) is 6.92 Å². The van der Waals surface area contributed by atoms with Crippen molar-refractivity contribution in [3.8, 4) is 5.75 Å². The van der Waals surface area contributed by atoms with E-state index < -0.39 is 0 Å². The van der Waals surface area contributed by atoms with E-state index in [9.17, 15) is 4.79 Å². The Balaban J connectivity index is 1.62. The fourth-order valence-corrected chi connectivity index (χ4v) is 3.97. The lowest BCUT2D eigenvalue weighted by molar-refractivity contribution is -0.113. The molecule has 0 aliphatic heterocycles. The van der Waals surface area contributed by atoms with Crippen LogP contribution in [0.4, 0.5) is 5.69 Å². The number of thioether (sulfide) groups is 1. The maximum absolute atomic E-state index is 12.3. The Bertz CT molecular complexity index is 1060. The highest BCUT2D eigenvalue weighted by molar-refractivity contribution is 7.99. The molecule has 0 aliphatic rings. The van der Waals surface area contributed by atoms with Crippen molar-refractivity contribution in [1.29, 1.82) is 0 Å². The van der Waals surface area contributed by atoms with Crippen LogP contribution >= 0.6 is 46.6 Å². The molecule has 1 heterocycles. The van der Waals surface area contributed by atoms with Crippen LogP contribution in [0.25, 0.3) is 0 Å². The first-order chi connectivity index (χ1) is 14.4. The second kappa shape index (κ2) is 10.4. The molecule has 6 nitrogen and oxygen atoms in total. The van der Waals surface area contributed by atoms with E-state index in [4.69, 9.17) is 39.5 Å². The number of aryl methyl sites for hydroxylation is 1. The summed E-state index contributed by atoms with van der Waals surface area (Å²) in [7, 11) is 0. The van der Waals surface area contributed by atoms with Crippen molar-refractivity contribution >= 4 is 58.2 Å².